The molecule has 25 heavy (non-hydrogen) atoms. The molecular formula is C14H16ClF3N2O4S. The van der Waals surface area contributed by atoms with Gasteiger partial charge >= 0.3 is 12.3 Å². The summed E-state index contributed by atoms with van der Waals surface area (Å²) in [6, 6.07) is 2.17. The van der Waals surface area contributed by atoms with Gasteiger partial charge in [-0.3, -0.25) is 0 Å². The number of carbonyl (C=O) groups excluding carboxylic acids is 1. The lowest BCUT2D eigenvalue weighted by molar-refractivity contribution is -0.137. The van der Waals surface area contributed by atoms with E-state index in [0.29, 0.717) is 12.5 Å². The molecule has 0 aliphatic carbocycles. The fourth-order valence-corrected chi connectivity index (χ4v) is 4.43. The van der Waals surface area contributed by atoms with Crippen LogP contribution in [0.25, 0.3) is 0 Å². The minimum Gasteiger partial charge on any atom is -0.453 e. The summed E-state index contributed by atoms with van der Waals surface area (Å²) < 4.78 is 69.7. The Labute approximate surface area is 148 Å². The van der Waals surface area contributed by atoms with Crippen LogP contribution in [0.5, 0.6) is 0 Å². The standard InChI is InChI=1S/C14H16ClF3N2O4S/c1-24-13(21)19-5-2-6-20(8-7-19)25(22,23)12-9-10(14(16,17)18)3-4-11(12)15/h3-4,9H,2,5-8H2,1H3. The van der Waals surface area contributed by atoms with E-state index in [1.165, 1.54) is 12.0 Å². The summed E-state index contributed by atoms with van der Waals surface area (Å²) in [5.74, 6) is 0. The molecule has 0 N–H and O–H groups in total. The summed E-state index contributed by atoms with van der Waals surface area (Å²) in [7, 11) is -3.02. The third-order valence-electron chi connectivity index (χ3n) is 3.76. The average Bonchev–Trinajstić information content (AvgIpc) is 2.79. The van der Waals surface area contributed by atoms with Crippen LogP contribution in [-0.2, 0) is 20.9 Å². The number of methoxy groups -OCH3 is 1. The number of amides is 1. The Bertz CT molecular complexity index is 755. The Hall–Kier alpha value is -1.52. The molecule has 11 heteroatoms. The van der Waals surface area contributed by atoms with Crippen molar-refractivity contribution in [3.05, 3.63) is 28.8 Å². The molecule has 0 atom stereocenters. The zero-order valence-electron chi connectivity index (χ0n) is 13.2. The molecule has 1 aromatic rings. The van der Waals surface area contributed by atoms with Crippen LogP contribution in [0.15, 0.2) is 23.1 Å². The number of sulfonamides is 1. The number of hydrogen-bond acceptors (Lipinski definition) is 4. The number of hydrogen-bond donors (Lipinski definition) is 0. The summed E-state index contributed by atoms with van der Waals surface area (Å²) in [4.78, 5) is 12.3. The quantitative estimate of drug-likeness (QED) is 0.765. The maximum Gasteiger partial charge on any atom is 0.416 e. The molecule has 1 fully saturated rings. The van der Waals surface area contributed by atoms with E-state index in [2.05, 4.69) is 4.74 Å². The maximum atomic E-state index is 12.9. The largest absolute Gasteiger partial charge is 0.453 e. The second kappa shape index (κ2) is 7.38. The van der Waals surface area contributed by atoms with Gasteiger partial charge in [-0.15, -0.1) is 0 Å². The molecule has 140 valence electrons. The topological polar surface area (TPSA) is 66.9 Å². The van der Waals surface area contributed by atoms with E-state index in [1.807, 2.05) is 0 Å². The monoisotopic (exact) mass is 400 g/mol. The number of benzene rings is 1. The summed E-state index contributed by atoms with van der Waals surface area (Å²) in [5.41, 5.74) is -1.10. The Morgan fingerprint density at radius 3 is 2.48 bits per heavy atom. The van der Waals surface area contributed by atoms with E-state index in [9.17, 15) is 26.4 Å². The Morgan fingerprint density at radius 2 is 1.88 bits per heavy atom. The molecule has 0 radical (unpaired) electrons. The van der Waals surface area contributed by atoms with Crippen LogP contribution in [0.1, 0.15) is 12.0 Å². The van der Waals surface area contributed by atoms with Crippen molar-refractivity contribution in [2.24, 2.45) is 0 Å². The smallest absolute Gasteiger partial charge is 0.416 e. The fraction of sp³-hybridized carbons (Fsp3) is 0.500. The lowest BCUT2D eigenvalue weighted by atomic mass is 10.2. The van der Waals surface area contributed by atoms with Crippen molar-refractivity contribution in [1.29, 1.82) is 0 Å². The number of nitrogens with zero attached hydrogens (tertiary/aromatic N) is 2. The van der Waals surface area contributed by atoms with Gasteiger partial charge in [-0.25, -0.2) is 13.2 Å². The molecule has 1 saturated heterocycles. The molecule has 2 rings (SSSR count). The van der Waals surface area contributed by atoms with E-state index in [-0.39, 0.29) is 31.2 Å². The van der Waals surface area contributed by atoms with E-state index >= 15 is 0 Å². The molecule has 0 spiro atoms. The molecule has 1 heterocycles. The first-order valence-corrected chi connectivity index (χ1v) is 9.09. The first kappa shape index (κ1) is 19.8. The van der Waals surface area contributed by atoms with Gasteiger partial charge in [-0.1, -0.05) is 11.6 Å². The molecule has 0 saturated carbocycles. The molecule has 1 aliphatic rings. The molecular weight excluding hydrogens is 385 g/mol. The number of rotatable bonds is 2. The van der Waals surface area contributed by atoms with E-state index in [4.69, 9.17) is 11.6 Å². The Morgan fingerprint density at radius 1 is 1.20 bits per heavy atom. The van der Waals surface area contributed by atoms with Crippen molar-refractivity contribution in [2.75, 3.05) is 33.3 Å². The molecule has 6 nitrogen and oxygen atoms in total. The number of halogens is 4. The van der Waals surface area contributed by atoms with Gasteiger partial charge in [0.05, 0.1) is 17.7 Å². The zero-order chi connectivity index (χ0) is 18.8. The Balaban J connectivity index is 2.31. The van der Waals surface area contributed by atoms with Crippen molar-refractivity contribution >= 4 is 27.7 Å². The molecule has 0 aromatic heterocycles. The third-order valence-corrected chi connectivity index (χ3v) is 6.14. The number of alkyl halides is 3. The van der Waals surface area contributed by atoms with Crippen LogP contribution in [0.3, 0.4) is 0 Å². The van der Waals surface area contributed by atoms with E-state index < -0.39 is 32.8 Å². The molecule has 1 aliphatic heterocycles. The lowest BCUT2D eigenvalue weighted by Gasteiger charge is -2.22. The summed E-state index contributed by atoms with van der Waals surface area (Å²) in [5, 5.41) is -0.290. The SMILES string of the molecule is COC(=O)N1CCCN(S(=O)(=O)c2cc(C(F)(F)F)ccc2Cl)CC1. The van der Waals surface area contributed by atoms with Crippen molar-refractivity contribution in [3.63, 3.8) is 0 Å². The highest BCUT2D eigenvalue weighted by molar-refractivity contribution is 7.89. The highest BCUT2D eigenvalue weighted by Crippen LogP contribution is 2.34. The van der Waals surface area contributed by atoms with Gasteiger partial charge in [0.25, 0.3) is 0 Å². The third kappa shape index (κ3) is 4.36. The van der Waals surface area contributed by atoms with Gasteiger partial charge in [-0.05, 0) is 24.6 Å². The van der Waals surface area contributed by atoms with Crippen LogP contribution >= 0.6 is 11.6 Å². The van der Waals surface area contributed by atoms with Crippen molar-refractivity contribution in [2.45, 2.75) is 17.5 Å². The highest BCUT2D eigenvalue weighted by Gasteiger charge is 2.35. The van der Waals surface area contributed by atoms with Crippen molar-refractivity contribution in [3.8, 4) is 0 Å². The van der Waals surface area contributed by atoms with Gasteiger partial charge in [0.1, 0.15) is 4.90 Å². The Kier molecular flexibility index (Phi) is 5.85. The van der Waals surface area contributed by atoms with E-state index in [0.717, 1.165) is 16.4 Å². The molecule has 1 aromatic carbocycles. The second-order valence-electron chi connectivity index (χ2n) is 5.36. The normalized spacial score (nSPS) is 17.2. The summed E-state index contributed by atoms with van der Waals surface area (Å²) in [6.07, 6.45) is -4.95. The van der Waals surface area contributed by atoms with Gasteiger partial charge in [0.15, 0.2) is 0 Å². The average molecular weight is 401 g/mol. The second-order valence-corrected chi connectivity index (χ2v) is 7.67. The van der Waals surface area contributed by atoms with Gasteiger partial charge in [0.2, 0.25) is 10.0 Å². The summed E-state index contributed by atoms with van der Waals surface area (Å²) in [6.45, 7) is 0.351. The molecule has 0 unspecified atom stereocenters. The zero-order valence-corrected chi connectivity index (χ0v) is 14.8. The minimum absolute atomic E-state index is 0.0579. The predicted molar refractivity (Wildman–Crippen MR) is 83.8 cm³/mol. The van der Waals surface area contributed by atoms with Crippen LogP contribution in [-0.4, -0.2) is 57.0 Å². The van der Waals surface area contributed by atoms with Gasteiger partial charge < -0.3 is 9.64 Å². The van der Waals surface area contributed by atoms with Gasteiger partial charge in [0, 0.05) is 26.2 Å². The first-order chi connectivity index (χ1) is 11.6. The molecule has 0 bridgehead atoms. The lowest BCUT2D eigenvalue weighted by Crippen LogP contribution is -2.37. The minimum atomic E-state index is -4.69. The summed E-state index contributed by atoms with van der Waals surface area (Å²) >= 11 is 5.83. The van der Waals surface area contributed by atoms with Crippen LogP contribution in [0.2, 0.25) is 5.02 Å². The van der Waals surface area contributed by atoms with E-state index in [1.54, 1.807) is 0 Å². The van der Waals surface area contributed by atoms with Crippen LogP contribution in [0, 0.1) is 0 Å². The van der Waals surface area contributed by atoms with Crippen LogP contribution < -0.4 is 0 Å². The number of carbonyl (C=O) groups is 1. The molecule has 1 amide bonds. The van der Waals surface area contributed by atoms with Crippen molar-refractivity contribution in [1.82, 2.24) is 9.21 Å². The van der Waals surface area contributed by atoms with Crippen molar-refractivity contribution < 1.29 is 31.1 Å². The van der Waals surface area contributed by atoms with Gasteiger partial charge in [-0.2, -0.15) is 17.5 Å². The highest BCUT2D eigenvalue weighted by atomic mass is 35.5. The number of ether oxygens (including phenoxy) is 1. The first-order valence-electron chi connectivity index (χ1n) is 7.27. The fourth-order valence-electron chi connectivity index (χ4n) is 2.46. The van der Waals surface area contributed by atoms with Crippen LogP contribution in [0.4, 0.5) is 18.0 Å². The maximum absolute atomic E-state index is 12.9. The predicted octanol–water partition coefficient (Wildman–Crippen LogP) is 2.82.